The fourth-order valence-corrected chi connectivity index (χ4v) is 2.60. The van der Waals surface area contributed by atoms with Crippen molar-refractivity contribution in [2.24, 2.45) is 0 Å². The van der Waals surface area contributed by atoms with Crippen LogP contribution in [0.1, 0.15) is 29.7 Å². The molecule has 0 fully saturated rings. The zero-order valence-electron chi connectivity index (χ0n) is 12.1. The predicted octanol–water partition coefficient (Wildman–Crippen LogP) is 4.82. The van der Waals surface area contributed by atoms with Gasteiger partial charge in [-0.1, -0.05) is 48.9 Å². The van der Waals surface area contributed by atoms with E-state index in [1.165, 1.54) is 6.07 Å². The van der Waals surface area contributed by atoms with E-state index in [0.717, 1.165) is 0 Å². The van der Waals surface area contributed by atoms with E-state index in [9.17, 15) is 8.78 Å². The van der Waals surface area contributed by atoms with Gasteiger partial charge in [-0.3, -0.25) is 0 Å². The smallest absolute Gasteiger partial charge is 0.145 e. The van der Waals surface area contributed by atoms with Gasteiger partial charge in [0, 0.05) is 11.6 Å². The Bertz CT molecular complexity index is 628. The molecule has 0 saturated carbocycles. The summed E-state index contributed by atoms with van der Waals surface area (Å²) in [5, 5.41) is 3.30. The first kappa shape index (κ1) is 15.9. The molecule has 0 radical (unpaired) electrons. The zero-order valence-corrected chi connectivity index (χ0v) is 12.8. The third-order valence-electron chi connectivity index (χ3n) is 3.50. The molecule has 21 heavy (non-hydrogen) atoms. The summed E-state index contributed by atoms with van der Waals surface area (Å²) in [6, 6.07) is 9.88. The lowest BCUT2D eigenvalue weighted by atomic mass is 9.96. The van der Waals surface area contributed by atoms with E-state index in [-0.39, 0.29) is 16.9 Å². The van der Waals surface area contributed by atoms with E-state index in [1.54, 1.807) is 31.2 Å². The maximum absolute atomic E-state index is 14.3. The highest BCUT2D eigenvalue weighted by Gasteiger charge is 2.18. The summed E-state index contributed by atoms with van der Waals surface area (Å²) >= 11 is 5.81. The lowest BCUT2D eigenvalue weighted by Crippen LogP contribution is -2.24. The third-order valence-corrected chi connectivity index (χ3v) is 3.80. The average Bonchev–Trinajstić information content (AvgIpc) is 2.46. The molecule has 2 aromatic carbocycles. The standard InChI is InChI=1S/C17H18ClF2N/c1-3-21-15(13-8-4-6-11(2)16(13)19)10-12-7-5-9-14(18)17(12)20/h4-9,15,21H,3,10H2,1-2H3. The Kier molecular flexibility index (Phi) is 5.32. The molecule has 0 bridgehead atoms. The molecule has 112 valence electrons. The molecule has 0 aliphatic carbocycles. The monoisotopic (exact) mass is 309 g/mol. The highest BCUT2D eigenvalue weighted by atomic mass is 35.5. The van der Waals surface area contributed by atoms with Crippen LogP contribution >= 0.6 is 11.6 Å². The van der Waals surface area contributed by atoms with E-state index in [1.807, 2.05) is 13.0 Å². The van der Waals surface area contributed by atoms with Crippen molar-refractivity contribution >= 4 is 11.6 Å². The molecule has 1 N–H and O–H groups in total. The summed E-state index contributed by atoms with van der Waals surface area (Å²) in [7, 11) is 0. The molecular weight excluding hydrogens is 292 g/mol. The van der Waals surface area contributed by atoms with Gasteiger partial charge < -0.3 is 5.32 Å². The van der Waals surface area contributed by atoms with Crippen LogP contribution in [0.2, 0.25) is 5.02 Å². The minimum Gasteiger partial charge on any atom is -0.310 e. The highest BCUT2D eigenvalue weighted by Crippen LogP contribution is 2.26. The molecule has 1 nitrogen and oxygen atoms in total. The van der Waals surface area contributed by atoms with E-state index >= 15 is 0 Å². The van der Waals surface area contributed by atoms with Crippen LogP contribution in [0, 0.1) is 18.6 Å². The van der Waals surface area contributed by atoms with Crippen molar-refractivity contribution in [3.8, 4) is 0 Å². The number of hydrogen-bond acceptors (Lipinski definition) is 1. The van der Waals surface area contributed by atoms with Crippen molar-refractivity contribution in [1.29, 1.82) is 0 Å². The van der Waals surface area contributed by atoms with Crippen LogP contribution < -0.4 is 5.32 Å². The van der Waals surface area contributed by atoms with Gasteiger partial charge in [-0.15, -0.1) is 0 Å². The summed E-state index contributed by atoms with van der Waals surface area (Å²) in [6.07, 6.45) is 0.348. The number of nitrogens with one attached hydrogen (secondary N) is 1. The third kappa shape index (κ3) is 3.60. The predicted molar refractivity (Wildman–Crippen MR) is 82.7 cm³/mol. The van der Waals surface area contributed by atoms with Gasteiger partial charge in [0.2, 0.25) is 0 Å². The largest absolute Gasteiger partial charge is 0.310 e. The molecule has 0 aliphatic heterocycles. The average molecular weight is 310 g/mol. The number of benzene rings is 2. The second-order valence-electron chi connectivity index (χ2n) is 5.01. The van der Waals surface area contributed by atoms with Crippen molar-refractivity contribution in [2.45, 2.75) is 26.3 Å². The molecule has 0 spiro atoms. The summed E-state index contributed by atoms with van der Waals surface area (Å²) < 4.78 is 28.3. The van der Waals surface area contributed by atoms with Crippen LogP contribution in [0.3, 0.4) is 0 Å². The quantitative estimate of drug-likeness (QED) is 0.835. The summed E-state index contributed by atoms with van der Waals surface area (Å²) in [5.41, 5.74) is 1.62. The Hall–Kier alpha value is -1.45. The van der Waals surface area contributed by atoms with Crippen LogP contribution in [0.4, 0.5) is 8.78 Å². The lowest BCUT2D eigenvalue weighted by Gasteiger charge is -2.20. The molecule has 2 rings (SSSR count). The molecular formula is C17H18ClF2N. The Labute approximate surface area is 128 Å². The van der Waals surface area contributed by atoms with Crippen molar-refractivity contribution in [1.82, 2.24) is 5.32 Å². The number of rotatable bonds is 5. The zero-order chi connectivity index (χ0) is 15.4. The van der Waals surface area contributed by atoms with E-state index in [4.69, 9.17) is 11.6 Å². The Morgan fingerprint density at radius 2 is 1.81 bits per heavy atom. The molecule has 0 aliphatic rings. The Morgan fingerprint density at radius 1 is 1.10 bits per heavy atom. The fourth-order valence-electron chi connectivity index (χ4n) is 2.40. The summed E-state index contributed by atoms with van der Waals surface area (Å²) in [5.74, 6) is -0.680. The first-order valence-corrected chi connectivity index (χ1v) is 7.33. The van der Waals surface area contributed by atoms with Gasteiger partial charge in [0.25, 0.3) is 0 Å². The minimum atomic E-state index is -0.435. The van der Waals surface area contributed by atoms with E-state index in [2.05, 4.69) is 5.32 Å². The SMILES string of the molecule is CCNC(Cc1cccc(Cl)c1F)c1cccc(C)c1F. The molecule has 4 heteroatoms. The lowest BCUT2D eigenvalue weighted by molar-refractivity contribution is 0.496. The van der Waals surface area contributed by atoms with Gasteiger partial charge in [-0.2, -0.15) is 0 Å². The molecule has 0 saturated heterocycles. The molecule has 2 aromatic rings. The van der Waals surface area contributed by atoms with Gasteiger partial charge in [0.1, 0.15) is 11.6 Å². The van der Waals surface area contributed by atoms with Crippen LogP contribution in [-0.2, 0) is 6.42 Å². The molecule has 0 aromatic heterocycles. The van der Waals surface area contributed by atoms with Gasteiger partial charge in [0.05, 0.1) is 5.02 Å². The topological polar surface area (TPSA) is 12.0 Å². The van der Waals surface area contributed by atoms with Gasteiger partial charge in [0.15, 0.2) is 0 Å². The van der Waals surface area contributed by atoms with Crippen molar-refractivity contribution in [3.63, 3.8) is 0 Å². The minimum absolute atomic E-state index is 0.0902. The van der Waals surface area contributed by atoms with Gasteiger partial charge in [-0.25, -0.2) is 8.78 Å². The van der Waals surface area contributed by atoms with Crippen molar-refractivity contribution in [3.05, 3.63) is 69.7 Å². The van der Waals surface area contributed by atoms with E-state index < -0.39 is 5.82 Å². The fraction of sp³-hybridized carbons (Fsp3) is 0.294. The number of hydrogen-bond donors (Lipinski definition) is 1. The number of aryl methyl sites for hydroxylation is 1. The van der Waals surface area contributed by atoms with Crippen LogP contribution in [0.25, 0.3) is 0 Å². The number of halogens is 3. The Balaban J connectivity index is 2.35. The van der Waals surface area contributed by atoms with Crippen molar-refractivity contribution < 1.29 is 8.78 Å². The maximum Gasteiger partial charge on any atom is 0.145 e. The molecule has 1 unspecified atom stereocenters. The normalized spacial score (nSPS) is 12.4. The molecule has 0 amide bonds. The number of likely N-dealkylation sites (N-methyl/N-ethyl adjacent to an activating group) is 1. The van der Waals surface area contributed by atoms with Crippen LogP contribution in [0.15, 0.2) is 36.4 Å². The molecule has 0 heterocycles. The summed E-state index contributed by atoms with van der Waals surface area (Å²) in [4.78, 5) is 0. The second-order valence-corrected chi connectivity index (χ2v) is 5.41. The first-order chi connectivity index (χ1) is 10.0. The van der Waals surface area contributed by atoms with Gasteiger partial charge >= 0.3 is 0 Å². The van der Waals surface area contributed by atoms with Crippen LogP contribution in [0.5, 0.6) is 0 Å². The first-order valence-electron chi connectivity index (χ1n) is 6.95. The highest BCUT2D eigenvalue weighted by molar-refractivity contribution is 6.30. The van der Waals surface area contributed by atoms with E-state index in [0.29, 0.717) is 29.7 Å². The molecule has 1 atom stereocenters. The Morgan fingerprint density at radius 3 is 2.52 bits per heavy atom. The van der Waals surface area contributed by atoms with Gasteiger partial charge in [-0.05, 0) is 37.1 Å². The second kappa shape index (κ2) is 7.01. The summed E-state index contributed by atoms with van der Waals surface area (Å²) in [6.45, 7) is 4.33. The van der Waals surface area contributed by atoms with Crippen LogP contribution in [-0.4, -0.2) is 6.54 Å². The van der Waals surface area contributed by atoms with Crippen molar-refractivity contribution in [2.75, 3.05) is 6.54 Å². The maximum atomic E-state index is 14.3.